The van der Waals surface area contributed by atoms with Gasteiger partial charge in [0, 0.05) is 32.2 Å². The van der Waals surface area contributed by atoms with Gasteiger partial charge in [0.25, 0.3) is 0 Å². The van der Waals surface area contributed by atoms with Gasteiger partial charge in [0.05, 0.1) is 16.9 Å². The summed E-state index contributed by atoms with van der Waals surface area (Å²) in [6.07, 6.45) is -2.99. The largest absolute Gasteiger partial charge is 0.416 e. The number of nitrogens with zero attached hydrogens (tertiary/aromatic N) is 3. The van der Waals surface area contributed by atoms with Crippen molar-refractivity contribution in [3.05, 3.63) is 77.9 Å². The Labute approximate surface area is 190 Å². The van der Waals surface area contributed by atoms with Crippen LogP contribution in [-0.2, 0) is 12.6 Å². The highest BCUT2D eigenvalue weighted by molar-refractivity contribution is 5.95. The Morgan fingerprint density at radius 3 is 2.58 bits per heavy atom. The van der Waals surface area contributed by atoms with Gasteiger partial charge in [-0.3, -0.25) is 4.90 Å². The molecule has 5 nitrogen and oxygen atoms in total. The summed E-state index contributed by atoms with van der Waals surface area (Å²) in [7, 11) is 1.92. The minimum absolute atomic E-state index is 0.267. The summed E-state index contributed by atoms with van der Waals surface area (Å²) in [5, 5.41) is 2.95. The number of hydrogen-bond donors (Lipinski definition) is 1. The average Bonchev–Trinajstić information content (AvgIpc) is 2.97. The van der Waals surface area contributed by atoms with E-state index >= 15 is 0 Å². The second kappa shape index (κ2) is 9.52. The number of halogens is 3. The standard InChI is InChI=1S/C25H25F3N4O/c1-31-15-6-16-32(24(33)29-14-13-18-7-3-2-4-8-18)23-22(31)12-11-21(30-23)19-9-5-10-20(17-19)25(26,27)28/h2-5,7-12,17H,6,13-16H2,1H3,(H,29,33). The van der Waals surface area contributed by atoms with Crippen molar-refractivity contribution in [3.63, 3.8) is 0 Å². The van der Waals surface area contributed by atoms with Crippen molar-refractivity contribution in [2.24, 2.45) is 0 Å². The van der Waals surface area contributed by atoms with E-state index in [1.807, 2.05) is 48.3 Å². The number of nitrogens with one attached hydrogen (secondary N) is 1. The van der Waals surface area contributed by atoms with Gasteiger partial charge in [-0.1, -0.05) is 42.5 Å². The molecule has 0 saturated heterocycles. The van der Waals surface area contributed by atoms with Crippen LogP contribution in [0.1, 0.15) is 17.5 Å². The Balaban J connectivity index is 1.60. The Morgan fingerprint density at radius 1 is 1.03 bits per heavy atom. The zero-order valence-corrected chi connectivity index (χ0v) is 18.3. The normalized spacial score (nSPS) is 13.9. The minimum atomic E-state index is -4.44. The number of amides is 2. The first-order valence-electron chi connectivity index (χ1n) is 10.8. The third kappa shape index (κ3) is 5.27. The molecule has 0 aliphatic carbocycles. The molecule has 3 aromatic rings. The van der Waals surface area contributed by atoms with Gasteiger partial charge in [-0.05, 0) is 42.7 Å². The van der Waals surface area contributed by atoms with E-state index < -0.39 is 11.7 Å². The molecule has 1 aromatic heterocycles. The van der Waals surface area contributed by atoms with Gasteiger partial charge < -0.3 is 10.2 Å². The summed E-state index contributed by atoms with van der Waals surface area (Å²) in [5.74, 6) is 0.446. The predicted molar refractivity (Wildman–Crippen MR) is 123 cm³/mol. The number of rotatable bonds is 4. The van der Waals surface area contributed by atoms with E-state index in [-0.39, 0.29) is 6.03 Å². The van der Waals surface area contributed by atoms with E-state index in [1.165, 1.54) is 6.07 Å². The Bertz CT molecular complexity index is 1120. The lowest BCUT2D eigenvalue weighted by molar-refractivity contribution is -0.137. The number of benzene rings is 2. The number of pyridine rings is 1. The van der Waals surface area contributed by atoms with Gasteiger partial charge in [0.2, 0.25) is 0 Å². The minimum Gasteiger partial charge on any atom is -0.372 e. The summed E-state index contributed by atoms with van der Waals surface area (Å²) in [5.41, 5.74) is 1.89. The van der Waals surface area contributed by atoms with Gasteiger partial charge in [0.15, 0.2) is 5.82 Å². The first-order valence-corrected chi connectivity index (χ1v) is 10.8. The summed E-state index contributed by atoms with van der Waals surface area (Å²) < 4.78 is 39.5. The molecule has 172 valence electrons. The van der Waals surface area contributed by atoms with E-state index in [1.54, 1.807) is 17.0 Å². The molecule has 33 heavy (non-hydrogen) atoms. The zero-order chi connectivity index (χ0) is 23.4. The number of aromatic nitrogens is 1. The van der Waals surface area contributed by atoms with Crippen molar-refractivity contribution in [3.8, 4) is 11.3 Å². The van der Waals surface area contributed by atoms with E-state index in [4.69, 9.17) is 0 Å². The molecule has 0 fully saturated rings. The maximum absolute atomic E-state index is 13.2. The SMILES string of the molecule is CN1CCCN(C(=O)NCCc2ccccc2)c2nc(-c3cccc(C(F)(F)F)c3)ccc21. The molecule has 2 amide bonds. The maximum Gasteiger partial charge on any atom is 0.416 e. The molecule has 0 bridgehead atoms. The number of fused-ring (bicyclic) bond motifs is 1. The Hall–Kier alpha value is -3.55. The zero-order valence-electron chi connectivity index (χ0n) is 18.3. The molecular weight excluding hydrogens is 429 g/mol. The summed E-state index contributed by atoms with van der Waals surface area (Å²) in [6, 6.07) is 18.2. The van der Waals surface area contributed by atoms with Gasteiger partial charge in [0.1, 0.15) is 0 Å². The van der Waals surface area contributed by atoms with Gasteiger partial charge >= 0.3 is 12.2 Å². The van der Waals surface area contributed by atoms with Crippen LogP contribution in [0.4, 0.5) is 29.5 Å². The highest BCUT2D eigenvalue weighted by atomic mass is 19.4. The monoisotopic (exact) mass is 454 g/mol. The van der Waals surface area contributed by atoms with E-state index in [9.17, 15) is 18.0 Å². The smallest absolute Gasteiger partial charge is 0.372 e. The second-order valence-corrected chi connectivity index (χ2v) is 8.01. The predicted octanol–water partition coefficient (Wildman–Crippen LogP) is 5.37. The van der Waals surface area contributed by atoms with E-state index in [0.717, 1.165) is 36.3 Å². The molecule has 0 unspecified atom stereocenters. The van der Waals surface area contributed by atoms with Gasteiger partial charge in [-0.15, -0.1) is 0 Å². The summed E-state index contributed by atoms with van der Waals surface area (Å²) in [6.45, 7) is 1.68. The molecule has 0 saturated carbocycles. The lowest BCUT2D eigenvalue weighted by Crippen LogP contribution is -2.41. The quantitative estimate of drug-likeness (QED) is 0.577. The molecule has 1 N–H and O–H groups in total. The van der Waals surface area contributed by atoms with E-state index in [0.29, 0.717) is 36.6 Å². The van der Waals surface area contributed by atoms with Crippen molar-refractivity contribution in [2.75, 3.05) is 36.5 Å². The van der Waals surface area contributed by atoms with Crippen LogP contribution in [0.3, 0.4) is 0 Å². The van der Waals surface area contributed by atoms with Crippen LogP contribution in [0.2, 0.25) is 0 Å². The molecular formula is C25H25F3N4O. The highest BCUT2D eigenvalue weighted by Gasteiger charge is 2.31. The number of carbonyl (C=O) groups is 1. The van der Waals surface area contributed by atoms with Crippen LogP contribution in [0.15, 0.2) is 66.7 Å². The Morgan fingerprint density at radius 2 is 1.82 bits per heavy atom. The first-order chi connectivity index (χ1) is 15.8. The lowest BCUT2D eigenvalue weighted by atomic mass is 10.1. The first kappa shape index (κ1) is 22.6. The lowest BCUT2D eigenvalue weighted by Gasteiger charge is -2.24. The van der Waals surface area contributed by atoms with Crippen LogP contribution in [0, 0.1) is 0 Å². The molecule has 1 aliphatic rings. The molecule has 0 spiro atoms. The third-order valence-electron chi connectivity index (χ3n) is 5.66. The molecule has 4 rings (SSSR count). The fourth-order valence-corrected chi connectivity index (χ4v) is 3.90. The molecule has 2 aromatic carbocycles. The van der Waals surface area contributed by atoms with Gasteiger partial charge in [-0.2, -0.15) is 13.2 Å². The highest BCUT2D eigenvalue weighted by Crippen LogP contribution is 2.35. The van der Waals surface area contributed by atoms with Crippen LogP contribution in [0.25, 0.3) is 11.3 Å². The van der Waals surface area contributed by atoms with Crippen LogP contribution in [0.5, 0.6) is 0 Å². The fourth-order valence-electron chi connectivity index (χ4n) is 3.90. The van der Waals surface area contributed by atoms with Crippen LogP contribution < -0.4 is 15.1 Å². The molecule has 8 heteroatoms. The number of carbonyl (C=O) groups excluding carboxylic acids is 1. The van der Waals surface area contributed by atoms with Crippen molar-refractivity contribution < 1.29 is 18.0 Å². The second-order valence-electron chi connectivity index (χ2n) is 8.01. The van der Waals surface area contributed by atoms with Crippen molar-refractivity contribution in [1.82, 2.24) is 10.3 Å². The third-order valence-corrected chi connectivity index (χ3v) is 5.66. The van der Waals surface area contributed by atoms with Crippen molar-refractivity contribution >= 4 is 17.5 Å². The fraction of sp³-hybridized carbons (Fsp3) is 0.280. The van der Waals surface area contributed by atoms with Crippen LogP contribution >= 0.6 is 0 Å². The topological polar surface area (TPSA) is 48.5 Å². The van der Waals surface area contributed by atoms with Crippen molar-refractivity contribution in [2.45, 2.75) is 19.0 Å². The molecule has 2 heterocycles. The number of alkyl halides is 3. The molecule has 1 aliphatic heterocycles. The average molecular weight is 454 g/mol. The number of urea groups is 1. The summed E-state index contributed by atoms with van der Waals surface area (Å²) >= 11 is 0. The van der Waals surface area contributed by atoms with Gasteiger partial charge in [-0.25, -0.2) is 9.78 Å². The number of hydrogen-bond acceptors (Lipinski definition) is 3. The number of anilines is 2. The maximum atomic E-state index is 13.2. The van der Waals surface area contributed by atoms with Crippen LogP contribution in [-0.4, -0.2) is 37.7 Å². The van der Waals surface area contributed by atoms with Crippen molar-refractivity contribution in [1.29, 1.82) is 0 Å². The van der Waals surface area contributed by atoms with E-state index in [2.05, 4.69) is 10.3 Å². The molecule has 0 atom stereocenters. The molecule has 0 radical (unpaired) electrons. The Kier molecular flexibility index (Phi) is 6.53. The summed E-state index contributed by atoms with van der Waals surface area (Å²) in [4.78, 5) is 21.3.